The van der Waals surface area contributed by atoms with Crippen molar-refractivity contribution in [2.45, 2.75) is 394 Å². The van der Waals surface area contributed by atoms with Gasteiger partial charge in [0.1, 0.15) is 19.3 Å². The number of unbranched alkanes of at least 4 members (excludes halogenated alkanes) is 38. The lowest BCUT2D eigenvalue weighted by atomic mass is 10.00. The maximum absolute atomic E-state index is 13.1. The van der Waals surface area contributed by atoms with Crippen molar-refractivity contribution in [1.29, 1.82) is 0 Å². The summed E-state index contributed by atoms with van der Waals surface area (Å²) in [5.41, 5.74) is 0. The molecule has 0 heterocycles. The molecule has 0 saturated carbocycles. The first-order valence-corrected chi connectivity index (χ1v) is 42.7. The largest absolute Gasteiger partial charge is 0.472 e. The summed E-state index contributed by atoms with van der Waals surface area (Å²) in [6.07, 6.45) is 57.9. The van der Waals surface area contributed by atoms with Gasteiger partial charge < -0.3 is 33.8 Å². The minimum atomic E-state index is -4.96. The van der Waals surface area contributed by atoms with E-state index in [-0.39, 0.29) is 25.7 Å². The first-order chi connectivity index (χ1) is 46.8. The fourth-order valence-electron chi connectivity index (χ4n) is 11.4. The molecule has 0 saturated heterocycles. The maximum Gasteiger partial charge on any atom is 0.472 e. The highest BCUT2D eigenvalue weighted by molar-refractivity contribution is 7.47. The van der Waals surface area contributed by atoms with E-state index < -0.39 is 97.5 Å². The summed E-state index contributed by atoms with van der Waals surface area (Å²) in [4.78, 5) is 72.8. The van der Waals surface area contributed by atoms with Gasteiger partial charge in [0.05, 0.1) is 26.4 Å². The number of rotatable bonds is 74. The number of aliphatic hydroxyl groups is 1. The van der Waals surface area contributed by atoms with Crippen molar-refractivity contribution in [3.63, 3.8) is 0 Å². The Labute approximate surface area is 592 Å². The summed E-state index contributed by atoms with van der Waals surface area (Å²) in [5, 5.41) is 10.6. The van der Waals surface area contributed by atoms with E-state index in [0.717, 1.165) is 121 Å². The van der Waals surface area contributed by atoms with Crippen LogP contribution >= 0.6 is 15.6 Å². The number of phosphoric ester groups is 2. The predicted molar refractivity (Wildman–Crippen MR) is 395 cm³/mol. The van der Waals surface area contributed by atoms with E-state index in [2.05, 4.69) is 72.8 Å². The molecule has 6 atom stereocenters. The summed E-state index contributed by atoms with van der Waals surface area (Å²) < 4.78 is 68.5. The van der Waals surface area contributed by atoms with Gasteiger partial charge in [-0.1, -0.05) is 323 Å². The Bertz CT molecular complexity index is 1980. The van der Waals surface area contributed by atoms with E-state index in [9.17, 15) is 43.2 Å². The second-order valence-electron chi connectivity index (χ2n) is 28.6. The second kappa shape index (κ2) is 68.0. The quantitative estimate of drug-likeness (QED) is 0.0169. The Morgan fingerprint density at radius 1 is 0.340 bits per heavy atom. The molecule has 3 unspecified atom stereocenters. The average molecular weight is 1420 g/mol. The van der Waals surface area contributed by atoms with Crippen LogP contribution in [0, 0.1) is 17.8 Å². The SMILES string of the molecule is CCCCCC/C=C\C=C/CCCCCCCC(=O)O[C@H](COC(=O)CCCCCCCCC(C)CC)COP(=O)(O)OC[C@H](O)COP(=O)(O)OC[C@@H](COC(=O)CCCCCCCCCCCCCCCCCCCCC(C)C)OC(=O)CCCCCCCCCCC(C)C. The lowest BCUT2D eigenvalue weighted by Gasteiger charge is -2.21. The molecule has 0 aliphatic heterocycles. The lowest BCUT2D eigenvalue weighted by Crippen LogP contribution is -2.30. The van der Waals surface area contributed by atoms with Crippen molar-refractivity contribution >= 4 is 39.5 Å². The number of phosphoric acid groups is 2. The first-order valence-electron chi connectivity index (χ1n) is 39.7. The zero-order valence-corrected chi connectivity index (χ0v) is 64.8. The zero-order chi connectivity index (χ0) is 71.6. The van der Waals surface area contributed by atoms with Crippen LogP contribution in [0.1, 0.15) is 376 Å². The fourth-order valence-corrected chi connectivity index (χ4v) is 13.0. The van der Waals surface area contributed by atoms with E-state index in [4.69, 9.17) is 37.0 Å². The van der Waals surface area contributed by atoms with Gasteiger partial charge in [0.25, 0.3) is 0 Å². The monoisotopic (exact) mass is 1420 g/mol. The molecular formula is C78H148O17P2. The van der Waals surface area contributed by atoms with Crippen molar-refractivity contribution in [2.75, 3.05) is 39.6 Å². The molecule has 0 spiro atoms. The zero-order valence-electron chi connectivity index (χ0n) is 63.0. The number of ether oxygens (including phenoxy) is 4. The van der Waals surface area contributed by atoms with E-state index in [0.29, 0.717) is 31.6 Å². The lowest BCUT2D eigenvalue weighted by molar-refractivity contribution is -0.161. The molecule has 0 aromatic heterocycles. The van der Waals surface area contributed by atoms with Crippen LogP contribution < -0.4 is 0 Å². The number of hydrogen-bond acceptors (Lipinski definition) is 15. The van der Waals surface area contributed by atoms with Crippen LogP contribution in [0.5, 0.6) is 0 Å². The van der Waals surface area contributed by atoms with Crippen molar-refractivity contribution < 1.29 is 80.2 Å². The number of hydrogen-bond donors (Lipinski definition) is 3. The average Bonchev–Trinajstić information content (AvgIpc) is 2.29. The van der Waals surface area contributed by atoms with Crippen molar-refractivity contribution in [1.82, 2.24) is 0 Å². The van der Waals surface area contributed by atoms with Crippen LogP contribution in [-0.2, 0) is 65.4 Å². The third-order valence-electron chi connectivity index (χ3n) is 17.9. The molecule has 0 aromatic rings. The Morgan fingerprint density at radius 3 is 0.918 bits per heavy atom. The van der Waals surface area contributed by atoms with Crippen molar-refractivity contribution in [3.05, 3.63) is 24.3 Å². The molecule has 0 fully saturated rings. The molecule has 0 amide bonds. The summed E-state index contributed by atoms with van der Waals surface area (Å²) in [7, 11) is -9.93. The van der Waals surface area contributed by atoms with Gasteiger partial charge in [-0.05, 0) is 69.1 Å². The van der Waals surface area contributed by atoms with Gasteiger partial charge in [-0.2, -0.15) is 0 Å². The summed E-state index contributed by atoms with van der Waals surface area (Å²) >= 11 is 0. The van der Waals surface area contributed by atoms with Gasteiger partial charge in [0.2, 0.25) is 0 Å². The van der Waals surface area contributed by atoms with Gasteiger partial charge in [-0.15, -0.1) is 0 Å². The molecular weight excluding hydrogens is 1270 g/mol. The fraction of sp³-hybridized carbons (Fsp3) is 0.897. The second-order valence-corrected chi connectivity index (χ2v) is 31.5. The topological polar surface area (TPSA) is 237 Å². The molecule has 17 nitrogen and oxygen atoms in total. The summed E-state index contributed by atoms with van der Waals surface area (Å²) in [5.74, 6) is 0.116. The van der Waals surface area contributed by atoms with Gasteiger partial charge in [0, 0.05) is 25.7 Å². The Morgan fingerprint density at radius 2 is 0.608 bits per heavy atom. The number of carbonyl (C=O) groups excluding carboxylic acids is 4. The smallest absolute Gasteiger partial charge is 0.462 e. The number of esters is 4. The highest BCUT2D eigenvalue weighted by Gasteiger charge is 2.30. The van der Waals surface area contributed by atoms with Crippen LogP contribution in [0.4, 0.5) is 0 Å². The van der Waals surface area contributed by atoms with E-state index >= 15 is 0 Å². The molecule has 572 valence electrons. The first kappa shape index (κ1) is 94.5. The third kappa shape index (κ3) is 70.4. The van der Waals surface area contributed by atoms with Gasteiger partial charge in [-0.3, -0.25) is 37.3 Å². The third-order valence-corrected chi connectivity index (χ3v) is 19.8. The number of carbonyl (C=O) groups is 4. The molecule has 0 bridgehead atoms. The van der Waals surface area contributed by atoms with Crippen LogP contribution in [0.3, 0.4) is 0 Å². The Balaban J connectivity index is 5.20. The van der Waals surface area contributed by atoms with Crippen molar-refractivity contribution in [3.8, 4) is 0 Å². The molecule has 0 aromatic carbocycles. The van der Waals surface area contributed by atoms with Gasteiger partial charge in [0.15, 0.2) is 12.2 Å². The maximum atomic E-state index is 13.1. The standard InChI is InChI=1S/C78H148O17P2/c1-8-10-11-12-13-14-15-16-21-26-29-32-38-47-54-61-77(82)94-74(66-89-76(81)60-53-46-41-40-44-51-58-71(7)9-2)68-93-97(86,87)91-64-72(79)63-90-96(84,85)92-67-73(95-78(83)62-55-48-39-34-33-36-43-50-57-70(5)6)65-88-75(80)59-52-45-37-31-28-25-23-20-18-17-19-22-24-27-30-35-42-49-56-69(3)4/h14-16,21,69-74,79H,8-13,17-20,22-68H2,1-7H3,(H,84,85)(H,86,87)/b15-14-,21-16-/t71?,72-,73-,74-/m1/s1. The highest BCUT2D eigenvalue weighted by atomic mass is 31.2. The summed E-state index contributed by atoms with van der Waals surface area (Å²) in [6, 6.07) is 0. The van der Waals surface area contributed by atoms with Crippen LogP contribution in [0.15, 0.2) is 24.3 Å². The van der Waals surface area contributed by atoms with Gasteiger partial charge >= 0.3 is 39.5 Å². The molecule has 3 N–H and O–H groups in total. The molecule has 0 aliphatic carbocycles. The molecule has 97 heavy (non-hydrogen) atoms. The molecule has 19 heteroatoms. The minimum Gasteiger partial charge on any atom is -0.462 e. The van der Waals surface area contributed by atoms with Crippen molar-refractivity contribution in [2.24, 2.45) is 17.8 Å². The highest BCUT2D eigenvalue weighted by Crippen LogP contribution is 2.45. The molecule has 0 radical (unpaired) electrons. The number of allylic oxidation sites excluding steroid dienone is 4. The van der Waals surface area contributed by atoms with Crippen LogP contribution in [0.2, 0.25) is 0 Å². The number of aliphatic hydroxyl groups excluding tert-OH is 1. The van der Waals surface area contributed by atoms with E-state index in [1.807, 2.05) is 0 Å². The Kier molecular flexibility index (Phi) is 66.3. The van der Waals surface area contributed by atoms with Crippen LogP contribution in [-0.4, -0.2) is 96.7 Å². The Hall–Kier alpha value is -2.46. The molecule has 0 rings (SSSR count). The predicted octanol–water partition coefficient (Wildman–Crippen LogP) is 22.5. The van der Waals surface area contributed by atoms with Gasteiger partial charge in [-0.25, -0.2) is 9.13 Å². The minimum absolute atomic E-state index is 0.0838. The molecule has 0 aliphatic rings. The summed E-state index contributed by atoms with van der Waals surface area (Å²) in [6.45, 7) is 11.8. The van der Waals surface area contributed by atoms with E-state index in [1.54, 1.807) is 0 Å². The van der Waals surface area contributed by atoms with E-state index in [1.165, 1.54) is 167 Å². The van der Waals surface area contributed by atoms with Crippen LogP contribution in [0.25, 0.3) is 0 Å². The normalized spacial score (nSPS) is 14.5.